The van der Waals surface area contributed by atoms with E-state index in [9.17, 15) is 5.11 Å². The van der Waals surface area contributed by atoms with Crippen molar-refractivity contribution >= 4 is 0 Å². The van der Waals surface area contributed by atoms with Gasteiger partial charge in [0.15, 0.2) is 0 Å². The first-order valence-electron chi connectivity index (χ1n) is 5.87. The molecule has 0 aliphatic heterocycles. The first-order valence-corrected chi connectivity index (χ1v) is 5.87. The fourth-order valence-corrected chi connectivity index (χ4v) is 2.12. The van der Waals surface area contributed by atoms with E-state index in [1.54, 1.807) is 6.07 Å². The molecule has 1 heteroatoms. The van der Waals surface area contributed by atoms with Gasteiger partial charge in [-0.1, -0.05) is 29.8 Å². The Bertz CT molecular complexity index is 568. The van der Waals surface area contributed by atoms with Crippen molar-refractivity contribution in [1.82, 2.24) is 0 Å². The Hall–Kier alpha value is -1.76. The number of aryl methyl sites for hydroxylation is 2. The van der Waals surface area contributed by atoms with Crippen molar-refractivity contribution in [3.8, 4) is 16.9 Å². The molecule has 0 unspecified atom stereocenters. The lowest BCUT2D eigenvalue weighted by molar-refractivity contribution is 0.470. The Morgan fingerprint density at radius 2 is 1.47 bits per heavy atom. The molecule has 88 valence electrons. The smallest absolute Gasteiger partial charge is 0.118 e. The molecule has 2 rings (SSSR count). The van der Waals surface area contributed by atoms with Crippen molar-refractivity contribution in [2.45, 2.75) is 27.7 Å². The molecule has 0 atom stereocenters. The summed E-state index contributed by atoms with van der Waals surface area (Å²) in [5, 5.41) is 9.70. The van der Waals surface area contributed by atoms with E-state index in [0.717, 1.165) is 11.1 Å². The van der Waals surface area contributed by atoms with Crippen LogP contribution in [0.1, 0.15) is 22.3 Å². The second kappa shape index (κ2) is 4.25. The van der Waals surface area contributed by atoms with Crippen LogP contribution in [-0.4, -0.2) is 5.11 Å². The number of phenols is 1. The van der Waals surface area contributed by atoms with E-state index in [2.05, 4.69) is 39.0 Å². The van der Waals surface area contributed by atoms with Gasteiger partial charge in [-0.15, -0.1) is 0 Å². The van der Waals surface area contributed by atoms with Gasteiger partial charge in [0.25, 0.3) is 0 Å². The van der Waals surface area contributed by atoms with Crippen molar-refractivity contribution in [2.24, 2.45) is 0 Å². The first-order chi connectivity index (χ1) is 8.00. The molecule has 0 aliphatic carbocycles. The highest BCUT2D eigenvalue weighted by molar-refractivity contribution is 5.73. The van der Waals surface area contributed by atoms with E-state index in [0.29, 0.717) is 5.75 Å². The molecule has 17 heavy (non-hydrogen) atoms. The summed E-state index contributed by atoms with van der Waals surface area (Å²) in [6, 6.07) is 10.3. The maximum absolute atomic E-state index is 9.70. The predicted octanol–water partition coefficient (Wildman–Crippen LogP) is 4.29. The van der Waals surface area contributed by atoms with E-state index in [1.807, 2.05) is 13.0 Å². The SMILES string of the molecule is Cc1ccc(C)c(-c2ccc(O)c(C)c2C)c1. The van der Waals surface area contributed by atoms with Crippen LogP contribution < -0.4 is 0 Å². The number of hydrogen-bond donors (Lipinski definition) is 1. The highest BCUT2D eigenvalue weighted by Gasteiger charge is 2.09. The van der Waals surface area contributed by atoms with Crippen LogP contribution in [0.25, 0.3) is 11.1 Å². The minimum absolute atomic E-state index is 0.372. The summed E-state index contributed by atoms with van der Waals surface area (Å²) in [5.41, 5.74) is 7.11. The number of hydrogen-bond acceptors (Lipinski definition) is 1. The first kappa shape index (κ1) is 11.7. The second-order valence-corrected chi connectivity index (χ2v) is 4.70. The molecule has 1 nitrogen and oxygen atoms in total. The molecule has 0 heterocycles. The monoisotopic (exact) mass is 226 g/mol. The highest BCUT2D eigenvalue weighted by Crippen LogP contribution is 2.32. The Kier molecular flexibility index (Phi) is 2.93. The molecule has 0 saturated carbocycles. The summed E-state index contributed by atoms with van der Waals surface area (Å²) in [6.45, 7) is 8.24. The van der Waals surface area contributed by atoms with Gasteiger partial charge in [-0.25, -0.2) is 0 Å². The van der Waals surface area contributed by atoms with Crippen LogP contribution in [0.4, 0.5) is 0 Å². The van der Waals surface area contributed by atoms with Gasteiger partial charge in [-0.2, -0.15) is 0 Å². The molecular weight excluding hydrogens is 208 g/mol. The largest absolute Gasteiger partial charge is 0.508 e. The van der Waals surface area contributed by atoms with Gasteiger partial charge in [0, 0.05) is 0 Å². The summed E-state index contributed by atoms with van der Waals surface area (Å²) < 4.78 is 0. The summed E-state index contributed by atoms with van der Waals surface area (Å²) in [4.78, 5) is 0. The van der Waals surface area contributed by atoms with E-state index < -0.39 is 0 Å². The van der Waals surface area contributed by atoms with Crippen LogP contribution >= 0.6 is 0 Å². The maximum Gasteiger partial charge on any atom is 0.118 e. The summed E-state index contributed by atoms with van der Waals surface area (Å²) in [5.74, 6) is 0.372. The third kappa shape index (κ3) is 2.05. The Labute approximate surface area is 103 Å². The number of phenolic OH excluding ortho intramolecular Hbond substituents is 1. The maximum atomic E-state index is 9.70. The lowest BCUT2D eigenvalue weighted by Gasteiger charge is -2.13. The fraction of sp³-hybridized carbons (Fsp3) is 0.250. The van der Waals surface area contributed by atoms with Gasteiger partial charge >= 0.3 is 0 Å². The van der Waals surface area contributed by atoms with Gasteiger partial charge < -0.3 is 5.11 Å². The normalized spacial score (nSPS) is 10.6. The van der Waals surface area contributed by atoms with E-state index >= 15 is 0 Å². The van der Waals surface area contributed by atoms with E-state index in [4.69, 9.17) is 0 Å². The lowest BCUT2D eigenvalue weighted by atomic mass is 9.92. The van der Waals surface area contributed by atoms with Gasteiger partial charge in [-0.3, -0.25) is 0 Å². The molecule has 0 radical (unpaired) electrons. The van der Waals surface area contributed by atoms with E-state index in [-0.39, 0.29) is 0 Å². The third-order valence-electron chi connectivity index (χ3n) is 3.44. The Balaban J connectivity index is 2.69. The quantitative estimate of drug-likeness (QED) is 0.769. The molecule has 2 aromatic carbocycles. The molecule has 0 amide bonds. The highest BCUT2D eigenvalue weighted by atomic mass is 16.3. The minimum Gasteiger partial charge on any atom is -0.508 e. The second-order valence-electron chi connectivity index (χ2n) is 4.70. The topological polar surface area (TPSA) is 20.2 Å². The predicted molar refractivity (Wildman–Crippen MR) is 72.5 cm³/mol. The van der Waals surface area contributed by atoms with Crippen LogP contribution in [0.5, 0.6) is 5.75 Å². The molecule has 0 aliphatic rings. The molecule has 0 spiro atoms. The minimum atomic E-state index is 0.372. The van der Waals surface area contributed by atoms with Crippen LogP contribution in [0.2, 0.25) is 0 Å². The van der Waals surface area contributed by atoms with Crippen molar-refractivity contribution in [1.29, 1.82) is 0 Å². The molecule has 0 bridgehead atoms. The summed E-state index contributed by atoms with van der Waals surface area (Å²) in [6.07, 6.45) is 0. The zero-order valence-electron chi connectivity index (χ0n) is 10.8. The molecular formula is C16H18O. The third-order valence-corrected chi connectivity index (χ3v) is 3.44. The average molecular weight is 226 g/mol. The van der Waals surface area contributed by atoms with Gasteiger partial charge in [0.2, 0.25) is 0 Å². The Morgan fingerprint density at radius 1 is 0.765 bits per heavy atom. The number of benzene rings is 2. The van der Waals surface area contributed by atoms with Crippen molar-refractivity contribution in [3.63, 3.8) is 0 Å². The molecule has 0 aromatic heterocycles. The zero-order valence-corrected chi connectivity index (χ0v) is 10.8. The van der Waals surface area contributed by atoms with E-state index in [1.165, 1.54) is 22.3 Å². The molecule has 2 aromatic rings. The average Bonchev–Trinajstić information content (AvgIpc) is 2.30. The van der Waals surface area contributed by atoms with Crippen molar-refractivity contribution in [2.75, 3.05) is 0 Å². The molecule has 0 fully saturated rings. The molecule has 0 saturated heterocycles. The van der Waals surface area contributed by atoms with Crippen LogP contribution in [0.15, 0.2) is 30.3 Å². The van der Waals surface area contributed by atoms with Crippen LogP contribution in [0, 0.1) is 27.7 Å². The van der Waals surface area contributed by atoms with Gasteiger partial charge in [0.1, 0.15) is 5.75 Å². The van der Waals surface area contributed by atoms with Crippen LogP contribution in [0.3, 0.4) is 0 Å². The molecule has 1 N–H and O–H groups in total. The van der Waals surface area contributed by atoms with Gasteiger partial charge in [-0.05, 0) is 61.6 Å². The van der Waals surface area contributed by atoms with Crippen molar-refractivity contribution in [3.05, 3.63) is 52.6 Å². The van der Waals surface area contributed by atoms with Crippen LogP contribution in [-0.2, 0) is 0 Å². The lowest BCUT2D eigenvalue weighted by Crippen LogP contribution is -1.91. The number of aromatic hydroxyl groups is 1. The standard InChI is InChI=1S/C16H18O/c1-10-5-6-11(2)15(9-10)14-7-8-16(17)13(4)12(14)3/h5-9,17H,1-4H3. The fourth-order valence-electron chi connectivity index (χ4n) is 2.12. The summed E-state index contributed by atoms with van der Waals surface area (Å²) in [7, 11) is 0. The Morgan fingerprint density at radius 3 is 2.18 bits per heavy atom. The summed E-state index contributed by atoms with van der Waals surface area (Å²) >= 11 is 0. The van der Waals surface area contributed by atoms with Gasteiger partial charge in [0.05, 0.1) is 0 Å². The van der Waals surface area contributed by atoms with Crippen molar-refractivity contribution < 1.29 is 5.11 Å². The number of rotatable bonds is 1. The zero-order chi connectivity index (χ0) is 12.6.